The van der Waals surface area contributed by atoms with Crippen molar-refractivity contribution in [2.24, 2.45) is 0 Å². The highest BCUT2D eigenvalue weighted by Gasteiger charge is 2.28. The van der Waals surface area contributed by atoms with E-state index in [0.717, 1.165) is 25.3 Å². The summed E-state index contributed by atoms with van der Waals surface area (Å²) < 4.78 is 31.9. The molecule has 11 heteroatoms. The molecule has 1 heterocycles. The highest BCUT2D eigenvalue weighted by Crippen LogP contribution is 2.25. The lowest BCUT2D eigenvalue weighted by molar-refractivity contribution is -0.127. The number of nitrogens with zero attached hydrogens (tertiary/aromatic N) is 1. The van der Waals surface area contributed by atoms with Gasteiger partial charge in [-0.1, -0.05) is 18.0 Å². The van der Waals surface area contributed by atoms with E-state index in [-0.39, 0.29) is 15.5 Å². The normalized spacial score (nSPS) is 16.1. The van der Waals surface area contributed by atoms with Gasteiger partial charge in [0.1, 0.15) is 0 Å². The van der Waals surface area contributed by atoms with E-state index in [4.69, 9.17) is 16.3 Å². The Kier molecular flexibility index (Phi) is 7.39. The minimum absolute atomic E-state index is 0.0125. The fourth-order valence-electron chi connectivity index (χ4n) is 2.63. The molecule has 0 radical (unpaired) electrons. The molecule has 0 saturated carbocycles. The van der Waals surface area contributed by atoms with E-state index in [0.29, 0.717) is 13.1 Å². The first-order valence-corrected chi connectivity index (χ1v) is 10.5. The van der Waals surface area contributed by atoms with Crippen LogP contribution in [-0.2, 0) is 19.6 Å². The highest BCUT2D eigenvalue weighted by atomic mass is 35.5. The number of carbonyl (C=O) groups excluding carboxylic acids is 3. The van der Waals surface area contributed by atoms with Crippen molar-refractivity contribution < 1.29 is 27.5 Å². The third-order valence-corrected chi connectivity index (χ3v) is 6.45. The number of carbonyl (C=O) groups is 3. The Labute approximate surface area is 168 Å². The summed E-state index contributed by atoms with van der Waals surface area (Å²) >= 11 is 6.02. The van der Waals surface area contributed by atoms with Crippen LogP contribution in [0.5, 0.6) is 0 Å². The number of hydrogen-bond donors (Lipinski definition) is 2. The summed E-state index contributed by atoms with van der Waals surface area (Å²) in [6.45, 7) is 2.11. The number of ether oxygens (including phenoxy) is 1. The molecule has 1 fully saturated rings. The smallest absolute Gasteiger partial charge is 0.340 e. The molecule has 1 unspecified atom stereocenters. The average molecular weight is 432 g/mol. The Morgan fingerprint density at radius 1 is 1.18 bits per heavy atom. The van der Waals surface area contributed by atoms with Crippen LogP contribution in [0.25, 0.3) is 0 Å². The maximum Gasteiger partial charge on any atom is 0.340 e. The van der Waals surface area contributed by atoms with Gasteiger partial charge < -0.3 is 10.1 Å². The van der Waals surface area contributed by atoms with E-state index in [1.165, 1.54) is 30.4 Å². The van der Waals surface area contributed by atoms with Crippen molar-refractivity contribution in [3.05, 3.63) is 28.8 Å². The maximum atomic E-state index is 12.8. The molecule has 1 atom stereocenters. The number of imide groups is 1. The monoisotopic (exact) mass is 431 g/mol. The van der Waals surface area contributed by atoms with E-state index < -0.39 is 34.0 Å². The maximum absolute atomic E-state index is 12.8. The van der Waals surface area contributed by atoms with Gasteiger partial charge in [0, 0.05) is 20.1 Å². The summed E-state index contributed by atoms with van der Waals surface area (Å²) in [4.78, 5) is 35.3. The first-order chi connectivity index (χ1) is 13.2. The molecule has 0 aliphatic carbocycles. The van der Waals surface area contributed by atoms with Gasteiger partial charge in [-0.2, -0.15) is 4.31 Å². The van der Waals surface area contributed by atoms with Crippen LogP contribution < -0.4 is 10.6 Å². The zero-order valence-electron chi connectivity index (χ0n) is 15.5. The second-order valence-corrected chi connectivity index (χ2v) is 8.57. The van der Waals surface area contributed by atoms with Crippen molar-refractivity contribution in [1.29, 1.82) is 0 Å². The Balaban J connectivity index is 2.19. The lowest BCUT2D eigenvalue weighted by Gasteiger charge is -2.26. The first kappa shape index (κ1) is 22.1. The molecule has 0 bridgehead atoms. The van der Waals surface area contributed by atoms with Gasteiger partial charge in [-0.05, 0) is 38.0 Å². The third kappa shape index (κ3) is 5.21. The lowest BCUT2D eigenvalue weighted by Crippen LogP contribution is -2.43. The van der Waals surface area contributed by atoms with Crippen LogP contribution in [0.3, 0.4) is 0 Å². The molecule has 1 aliphatic rings. The number of rotatable bonds is 5. The number of urea groups is 1. The minimum Gasteiger partial charge on any atom is -0.449 e. The molecule has 154 valence electrons. The van der Waals surface area contributed by atoms with Crippen LogP contribution in [0.2, 0.25) is 5.02 Å². The van der Waals surface area contributed by atoms with Crippen LogP contribution in [-0.4, -0.2) is 56.9 Å². The van der Waals surface area contributed by atoms with Crippen LogP contribution in [0, 0.1) is 0 Å². The number of esters is 1. The van der Waals surface area contributed by atoms with Crippen LogP contribution in [0.15, 0.2) is 23.1 Å². The number of sulfonamides is 1. The largest absolute Gasteiger partial charge is 0.449 e. The van der Waals surface area contributed by atoms with Gasteiger partial charge in [0.15, 0.2) is 6.10 Å². The molecule has 1 aromatic rings. The second-order valence-electron chi connectivity index (χ2n) is 6.22. The zero-order valence-corrected chi connectivity index (χ0v) is 17.1. The van der Waals surface area contributed by atoms with Crippen molar-refractivity contribution in [3.63, 3.8) is 0 Å². The molecule has 0 aromatic heterocycles. The number of nitrogens with one attached hydrogen (secondary N) is 2. The molecule has 1 aromatic carbocycles. The lowest BCUT2D eigenvalue weighted by atomic mass is 10.2. The average Bonchev–Trinajstić information content (AvgIpc) is 2.68. The summed E-state index contributed by atoms with van der Waals surface area (Å²) in [5.74, 6) is -1.80. The number of benzene rings is 1. The van der Waals surface area contributed by atoms with E-state index in [1.54, 1.807) is 0 Å². The quantitative estimate of drug-likeness (QED) is 0.681. The molecular formula is C17H22ClN3O6S. The van der Waals surface area contributed by atoms with Crippen molar-refractivity contribution in [1.82, 2.24) is 14.9 Å². The van der Waals surface area contributed by atoms with Crippen LogP contribution in [0.1, 0.15) is 36.5 Å². The van der Waals surface area contributed by atoms with Gasteiger partial charge >= 0.3 is 12.0 Å². The molecule has 9 nitrogen and oxygen atoms in total. The van der Waals surface area contributed by atoms with E-state index in [1.807, 2.05) is 5.32 Å². The van der Waals surface area contributed by atoms with Gasteiger partial charge in [0.05, 0.1) is 15.5 Å². The van der Waals surface area contributed by atoms with Gasteiger partial charge in [-0.25, -0.2) is 18.0 Å². The summed E-state index contributed by atoms with van der Waals surface area (Å²) in [6, 6.07) is 3.01. The second kappa shape index (κ2) is 9.35. The van der Waals surface area contributed by atoms with E-state index in [2.05, 4.69) is 5.32 Å². The predicted molar refractivity (Wildman–Crippen MR) is 102 cm³/mol. The summed E-state index contributed by atoms with van der Waals surface area (Å²) in [7, 11) is -2.44. The molecule has 3 amide bonds. The van der Waals surface area contributed by atoms with Gasteiger partial charge in [0.25, 0.3) is 5.91 Å². The standard InChI is InChI=1S/C17H22ClN3O6S/c1-11(15(22)20-17(24)19-2)27-16(23)13-10-12(6-7-14(13)18)28(25,26)21-8-4-3-5-9-21/h6-7,10-11H,3-5,8-9H2,1-2H3,(H2,19,20,22,24). The molecule has 2 N–H and O–H groups in total. The molecule has 1 saturated heterocycles. The van der Waals surface area contributed by atoms with Crippen molar-refractivity contribution in [2.45, 2.75) is 37.2 Å². The number of amides is 3. The predicted octanol–water partition coefficient (Wildman–Crippen LogP) is 1.52. The number of halogens is 1. The molecule has 1 aliphatic heterocycles. The Morgan fingerprint density at radius 3 is 2.43 bits per heavy atom. The number of piperidine rings is 1. The first-order valence-electron chi connectivity index (χ1n) is 8.70. The Bertz CT molecular complexity index is 868. The topological polar surface area (TPSA) is 122 Å². The number of hydrogen-bond acceptors (Lipinski definition) is 6. The van der Waals surface area contributed by atoms with Crippen LogP contribution >= 0.6 is 11.6 Å². The van der Waals surface area contributed by atoms with Crippen molar-refractivity contribution in [3.8, 4) is 0 Å². The molecule has 2 rings (SSSR count). The van der Waals surface area contributed by atoms with E-state index in [9.17, 15) is 22.8 Å². The summed E-state index contributed by atoms with van der Waals surface area (Å²) in [5, 5.41) is 4.16. The Hall–Kier alpha value is -2.17. The highest BCUT2D eigenvalue weighted by molar-refractivity contribution is 7.89. The zero-order chi connectivity index (χ0) is 20.9. The fourth-order valence-corrected chi connectivity index (χ4v) is 4.37. The van der Waals surface area contributed by atoms with E-state index >= 15 is 0 Å². The third-order valence-electron chi connectivity index (χ3n) is 4.23. The molecule has 28 heavy (non-hydrogen) atoms. The van der Waals surface area contributed by atoms with Crippen molar-refractivity contribution >= 4 is 39.5 Å². The molecular weight excluding hydrogens is 410 g/mol. The van der Waals surface area contributed by atoms with Gasteiger partial charge in [-0.15, -0.1) is 0 Å². The Morgan fingerprint density at radius 2 is 1.82 bits per heavy atom. The van der Waals surface area contributed by atoms with Gasteiger partial charge in [0.2, 0.25) is 10.0 Å². The molecule has 0 spiro atoms. The summed E-state index contributed by atoms with van der Waals surface area (Å²) in [6.07, 6.45) is 1.24. The summed E-state index contributed by atoms with van der Waals surface area (Å²) in [5.41, 5.74) is -0.181. The minimum atomic E-state index is -3.76. The van der Waals surface area contributed by atoms with Crippen molar-refractivity contribution in [2.75, 3.05) is 20.1 Å². The SMILES string of the molecule is CNC(=O)NC(=O)C(C)OC(=O)c1cc(S(=O)(=O)N2CCCCC2)ccc1Cl. The van der Waals surface area contributed by atoms with Crippen LogP contribution in [0.4, 0.5) is 4.79 Å². The van der Waals surface area contributed by atoms with Gasteiger partial charge in [-0.3, -0.25) is 10.1 Å². The fraction of sp³-hybridized carbons (Fsp3) is 0.471.